The van der Waals surface area contributed by atoms with Gasteiger partial charge in [0.05, 0.1) is 6.54 Å². The Bertz CT molecular complexity index is 604. The summed E-state index contributed by atoms with van der Waals surface area (Å²) >= 11 is 0. The minimum absolute atomic E-state index is 0.581. The molecule has 1 fully saturated rings. The van der Waals surface area contributed by atoms with Crippen LogP contribution in [-0.4, -0.2) is 50.6 Å². The summed E-state index contributed by atoms with van der Waals surface area (Å²) in [7, 11) is 0. The maximum atomic E-state index is 4.51. The second kappa shape index (κ2) is 6.04. The number of hydrogen-bond donors (Lipinski definition) is 0. The maximum Gasteiger partial charge on any atom is 0.225 e. The van der Waals surface area contributed by atoms with Crippen LogP contribution in [0.2, 0.25) is 0 Å². The number of nitrogens with zero attached hydrogens (tertiary/aromatic N) is 6. The van der Waals surface area contributed by atoms with Crippen LogP contribution in [-0.2, 0) is 13.1 Å². The molecular formula is C16H22N6. The third kappa shape index (κ3) is 2.83. The number of fused-ring (bicyclic) bond motifs is 1. The zero-order valence-electron chi connectivity index (χ0n) is 12.8. The Morgan fingerprint density at radius 1 is 1.00 bits per heavy atom. The highest BCUT2D eigenvalue weighted by Crippen LogP contribution is 2.21. The Kier molecular flexibility index (Phi) is 3.76. The van der Waals surface area contributed by atoms with E-state index in [1.54, 1.807) is 0 Å². The quantitative estimate of drug-likeness (QED) is 0.857. The van der Waals surface area contributed by atoms with Crippen LogP contribution in [0.4, 0.5) is 5.95 Å². The number of likely N-dealkylation sites (tertiary alicyclic amines) is 1. The minimum Gasteiger partial charge on any atom is -0.333 e. The van der Waals surface area contributed by atoms with Gasteiger partial charge in [0.25, 0.3) is 0 Å². The summed E-state index contributed by atoms with van der Waals surface area (Å²) in [5, 5.41) is 0. The van der Waals surface area contributed by atoms with E-state index in [1.165, 1.54) is 25.9 Å². The van der Waals surface area contributed by atoms with Gasteiger partial charge >= 0.3 is 0 Å². The van der Waals surface area contributed by atoms with Gasteiger partial charge in [0.1, 0.15) is 5.82 Å². The first-order valence-corrected chi connectivity index (χ1v) is 8.13. The van der Waals surface area contributed by atoms with Crippen LogP contribution >= 0.6 is 0 Å². The van der Waals surface area contributed by atoms with Crippen molar-refractivity contribution in [3.8, 4) is 0 Å². The highest BCUT2D eigenvalue weighted by Gasteiger charge is 2.26. The number of hydrogen-bond acceptors (Lipinski definition) is 5. The van der Waals surface area contributed by atoms with Crippen molar-refractivity contribution in [1.29, 1.82) is 0 Å². The summed E-state index contributed by atoms with van der Waals surface area (Å²) in [6.07, 6.45) is 10.3. The highest BCUT2D eigenvalue weighted by molar-refractivity contribution is 5.30. The molecule has 2 aliphatic heterocycles. The molecule has 0 spiro atoms. The van der Waals surface area contributed by atoms with Crippen LogP contribution in [0.3, 0.4) is 0 Å². The molecule has 2 aliphatic rings. The van der Waals surface area contributed by atoms with Gasteiger partial charge in [-0.1, -0.05) is 0 Å². The lowest BCUT2D eigenvalue weighted by Crippen LogP contribution is -2.36. The van der Waals surface area contributed by atoms with Gasteiger partial charge in [-0.05, 0) is 32.0 Å². The van der Waals surface area contributed by atoms with Gasteiger partial charge in [-0.3, -0.25) is 0 Å². The average Bonchev–Trinajstić information content (AvgIpc) is 3.17. The lowest BCUT2D eigenvalue weighted by Gasteiger charge is -2.27. The molecule has 1 saturated heterocycles. The minimum atomic E-state index is 0.581. The Balaban J connectivity index is 1.57. The van der Waals surface area contributed by atoms with Gasteiger partial charge in [0.15, 0.2) is 0 Å². The van der Waals surface area contributed by atoms with Crippen LogP contribution in [0, 0.1) is 5.92 Å². The average molecular weight is 298 g/mol. The van der Waals surface area contributed by atoms with Crippen LogP contribution in [0.1, 0.15) is 18.7 Å². The molecule has 0 bridgehead atoms. The van der Waals surface area contributed by atoms with Crippen molar-refractivity contribution in [2.75, 3.05) is 31.1 Å². The zero-order chi connectivity index (χ0) is 14.8. The monoisotopic (exact) mass is 298 g/mol. The van der Waals surface area contributed by atoms with E-state index in [4.69, 9.17) is 0 Å². The smallest absolute Gasteiger partial charge is 0.225 e. The molecule has 22 heavy (non-hydrogen) atoms. The molecule has 116 valence electrons. The van der Waals surface area contributed by atoms with Crippen LogP contribution in [0.15, 0.2) is 30.9 Å². The maximum absolute atomic E-state index is 4.51. The molecule has 0 aliphatic carbocycles. The van der Waals surface area contributed by atoms with E-state index >= 15 is 0 Å². The van der Waals surface area contributed by atoms with Gasteiger partial charge in [0, 0.05) is 50.3 Å². The molecule has 2 aromatic rings. The molecule has 4 heterocycles. The predicted octanol–water partition coefficient (Wildman–Crippen LogP) is 1.41. The van der Waals surface area contributed by atoms with Gasteiger partial charge in [-0.15, -0.1) is 0 Å². The lowest BCUT2D eigenvalue weighted by molar-refractivity contribution is 0.264. The van der Waals surface area contributed by atoms with Crippen molar-refractivity contribution in [1.82, 2.24) is 24.4 Å². The summed E-state index contributed by atoms with van der Waals surface area (Å²) in [4.78, 5) is 18.2. The molecule has 0 unspecified atom stereocenters. The Morgan fingerprint density at radius 3 is 2.64 bits per heavy atom. The second-order valence-corrected chi connectivity index (χ2v) is 6.30. The van der Waals surface area contributed by atoms with Crippen LogP contribution in [0.5, 0.6) is 0 Å². The fourth-order valence-electron chi connectivity index (χ4n) is 3.59. The standard InChI is InChI=1S/C16H22N6/c1-2-8-20(7-1)10-14-11-21-9-6-17-15(21)13-22(12-14)16-18-4-3-5-19-16/h3-6,9,14H,1-2,7-8,10-13H2/t14-/m1/s1. The summed E-state index contributed by atoms with van der Waals surface area (Å²) in [6.45, 7) is 6.46. The normalized spacial score (nSPS) is 22.5. The first kappa shape index (κ1) is 13.7. The van der Waals surface area contributed by atoms with Crippen molar-refractivity contribution in [3.63, 3.8) is 0 Å². The van der Waals surface area contributed by atoms with Gasteiger partial charge < -0.3 is 14.4 Å². The number of rotatable bonds is 3. The summed E-state index contributed by atoms with van der Waals surface area (Å²) in [5.74, 6) is 2.50. The van der Waals surface area contributed by atoms with Crippen LogP contribution in [0.25, 0.3) is 0 Å². The van der Waals surface area contributed by atoms with Gasteiger partial charge in [-0.25, -0.2) is 15.0 Å². The molecule has 0 amide bonds. The molecule has 0 N–H and O–H groups in total. The molecule has 1 atom stereocenters. The Hall–Kier alpha value is -1.95. The SMILES string of the molecule is c1cnc(N2Cc3nccn3C[C@@H](CN3CCCC3)C2)nc1. The highest BCUT2D eigenvalue weighted by atomic mass is 15.3. The Labute approximate surface area is 130 Å². The second-order valence-electron chi connectivity index (χ2n) is 6.30. The van der Waals surface area contributed by atoms with Crippen molar-refractivity contribution >= 4 is 5.95 Å². The molecule has 2 aromatic heterocycles. The van der Waals surface area contributed by atoms with Crippen LogP contribution < -0.4 is 4.90 Å². The molecular weight excluding hydrogens is 276 g/mol. The molecule has 0 saturated carbocycles. The fourth-order valence-corrected chi connectivity index (χ4v) is 3.59. The fraction of sp³-hybridized carbons (Fsp3) is 0.562. The van der Waals surface area contributed by atoms with E-state index < -0.39 is 0 Å². The molecule has 4 rings (SSSR count). The number of aromatic nitrogens is 4. The lowest BCUT2D eigenvalue weighted by atomic mass is 10.1. The largest absolute Gasteiger partial charge is 0.333 e. The van der Waals surface area contributed by atoms with Crippen molar-refractivity contribution in [2.45, 2.75) is 25.9 Å². The van der Waals surface area contributed by atoms with Crippen molar-refractivity contribution in [3.05, 3.63) is 36.7 Å². The number of anilines is 1. The first-order chi connectivity index (χ1) is 10.9. The van der Waals surface area contributed by atoms with E-state index in [0.29, 0.717) is 5.92 Å². The topological polar surface area (TPSA) is 50.1 Å². The third-order valence-corrected chi connectivity index (χ3v) is 4.62. The van der Waals surface area contributed by atoms with E-state index in [2.05, 4.69) is 35.5 Å². The van der Waals surface area contributed by atoms with E-state index in [1.807, 2.05) is 24.7 Å². The summed E-state index contributed by atoms with van der Waals surface area (Å²) in [5.41, 5.74) is 0. The molecule has 6 heteroatoms. The molecule has 0 radical (unpaired) electrons. The van der Waals surface area contributed by atoms with E-state index in [9.17, 15) is 0 Å². The van der Waals surface area contributed by atoms with Gasteiger partial charge in [0.2, 0.25) is 5.95 Å². The Morgan fingerprint density at radius 2 is 1.82 bits per heavy atom. The van der Waals surface area contributed by atoms with Crippen molar-refractivity contribution < 1.29 is 0 Å². The summed E-state index contributed by atoms with van der Waals surface area (Å²) < 4.78 is 2.30. The predicted molar refractivity (Wildman–Crippen MR) is 84.5 cm³/mol. The first-order valence-electron chi connectivity index (χ1n) is 8.13. The van der Waals surface area contributed by atoms with Crippen molar-refractivity contribution in [2.24, 2.45) is 5.92 Å². The van der Waals surface area contributed by atoms with Gasteiger partial charge in [-0.2, -0.15) is 0 Å². The molecule has 0 aromatic carbocycles. The third-order valence-electron chi connectivity index (χ3n) is 4.62. The van der Waals surface area contributed by atoms with E-state index in [-0.39, 0.29) is 0 Å². The number of imidazole rings is 1. The molecule has 6 nitrogen and oxygen atoms in total. The summed E-state index contributed by atoms with van der Waals surface area (Å²) in [6, 6.07) is 1.87. The zero-order valence-corrected chi connectivity index (χ0v) is 12.8. The van der Waals surface area contributed by atoms with E-state index in [0.717, 1.165) is 38.0 Å².